The van der Waals surface area contributed by atoms with Gasteiger partial charge in [0.2, 0.25) is 0 Å². The van der Waals surface area contributed by atoms with E-state index in [1.165, 1.54) is 24.3 Å². The van der Waals surface area contributed by atoms with Crippen LogP contribution >= 0.6 is 0 Å². The summed E-state index contributed by atoms with van der Waals surface area (Å²) in [5, 5.41) is 1.04. The van der Waals surface area contributed by atoms with Crippen LogP contribution in [-0.4, -0.2) is 51.3 Å². The number of fused-ring (bicyclic) bond motifs is 1. The van der Waals surface area contributed by atoms with Crippen LogP contribution in [0.1, 0.15) is 55.0 Å². The average molecular weight is 698 g/mol. The third kappa shape index (κ3) is 8.28. The molecule has 2 aromatic heterocycles. The summed E-state index contributed by atoms with van der Waals surface area (Å²) in [5.74, 6) is 1.32. The molecule has 258 valence electrons. The molecule has 2 heterocycles. The molecule has 4 N–H and O–H groups in total. The molecular weight excluding hydrogens is 655 g/mol. The van der Waals surface area contributed by atoms with Crippen LogP contribution in [0.25, 0.3) is 10.9 Å². The Morgan fingerprint density at radius 2 is 1.25 bits per heavy atom. The third-order valence-corrected chi connectivity index (χ3v) is 10.9. The van der Waals surface area contributed by atoms with Gasteiger partial charge < -0.3 is 14.6 Å². The maximum atomic E-state index is 13.3. The monoisotopic (exact) mass is 697 g/mol. The first-order valence-electron chi connectivity index (χ1n) is 14.9. The van der Waals surface area contributed by atoms with Crippen LogP contribution < -0.4 is 0 Å². The second-order valence-electron chi connectivity index (χ2n) is 13.0. The second kappa shape index (κ2) is 14.1. The van der Waals surface area contributed by atoms with Crippen LogP contribution in [0.15, 0.2) is 101 Å². The van der Waals surface area contributed by atoms with Crippen LogP contribution in [0.5, 0.6) is 0 Å². The Kier molecular flexibility index (Phi) is 11.3. The lowest BCUT2D eigenvalue weighted by molar-refractivity contribution is 0.0946. The molecular formula is C35H43N3O8S2. The Morgan fingerprint density at radius 3 is 1.65 bits per heavy atom. The first kappa shape index (κ1) is 38.3. The number of carbonyl (C=O) groups excluding carboxylic acids is 1. The number of ketones is 1. The maximum absolute atomic E-state index is 13.3. The van der Waals surface area contributed by atoms with Gasteiger partial charge in [-0.3, -0.25) is 13.9 Å². The van der Waals surface area contributed by atoms with Crippen molar-refractivity contribution in [2.24, 2.45) is 23.8 Å². The molecule has 5 aromatic rings. The van der Waals surface area contributed by atoms with Crippen molar-refractivity contribution in [3.05, 3.63) is 114 Å². The minimum Gasteiger partial charge on any atom is -0.412 e. The SMILES string of the molecule is Cc1ccc(S(=O)(=O)O)cc1.Cc1ccc(S(=O)(=O)O)cc1.Cn1ccnc1Cn1cc(C(=O)C2C(C)(C)C2(C)C)c2ccccc21.O. The number of hydrogen-bond acceptors (Lipinski definition) is 6. The highest BCUT2D eigenvalue weighted by molar-refractivity contribution is 7.86. The minimum absolute atomic E-state index is 0. The number of imidazole rings is 1. The molecule has 11 nitrogen and oxygen atoms in total. The van der Waals surface area contributed by atoms with Crippen molar-refractivity contribution < 1.29 is 36.2 Å². The Morgan fingerprint density at radius 1 is 0.792 bits per heavy atom. The summed E-state index contributed by atoms with van der Waals surface area (Å²) in [6.07, 6.45) is 5.77. The van der Waals surface area contributed by atoms with E-state index in [4.69, 9.17) is 9.11 Å². The molecule has 0 bridgehead atoms. The molecule has 0 atom stereocenters. The molecule has 0 unspecified atom stereocenters. The van der Waals surface area contributed by atoms with E-state index in [9.17, 15) is 21.6 Å². The Bertz CT molecular complexity index is 2020. The normalized spacial score (nSPS) is 14.9. The van der Waals surface area contributed by atoms with Crippen molar-refractivity contribution in [2.45, 2.75) is 57.9 Å². The van der Waals surface area contributed by atoms with Crippen LogP contribution in [-0.2, 0) is 33.8 Å². The topological polar surface area (TPSA) is 180 Å². The molecule has 1 fully saturated rings. The van der Waals surface area contributed by atoms with Gasteiger partial charge in [0, 0.05) is 48.0 Å². The molecule has 13 heteroatoms. The smallest absolute Gasteiger partial charge is 0.294 e. The molecule has 0 amide bonds. The number of benzene rings is 3. The van der Waals surface area contributed by atoms with Crippen LogP contribution in [0, 0.1) is 30.6 Å². The number of rotatable bonds is 6. The van der Waals surface area contributed by atoms with Crippen molar-refractivity contribution in [2.75, 3.05) is 0 Å². The second-order valence-corrected chi connectivity index (χ2v) is 15.8. The van der Waals surface area contributed by atoms with Gasteiger partial charge in [0.25, 0.3) is 20.2 Å². The van der Waals surface area contributed by atoms with E-state index in [-0.39, 0.29) is 37.8 Å². The van der Waals surface area contributed by atoms with Crippen molar-refractivity contribution in [3.63, 3.8) is 0 Å². The minimum atomic E-state index is -4.02. The van der Waals surface area contributed by atoms with Crippen molar-refractivity contribution in [1.82, 2.24) is 14.1 Å². The first-order valence-corrected chi connectivity index (χ1v) is 17.8. The lowest BCUT2D eigenvalue weighted by Gasteiger charge is -2.05. The van der Waals surface area contributed by atoms with Crippen LogP contribution in [0.4, 0.5) is 0 Å². The van der Waals surface area contributed by atoms with Gasteiger partial charge in [-0.15, -0.1) is 0 Å². The zero-order valence-electron chi connectivity index (χ0n) is 28.0. The zero-order valence-corrected chi connectivity index (χ0v) is 29.7. The van der Waals surface area contributed by atoms with E-state index < -0.39 is 20.2 Å². The largest absolute Gasteiger partial charge is 0.412 e. The molecule has 1 aliphatic carbocycles. The third-order valence-electron chi connectivity index (χ3n) is 9.21. The number of aromatic nitrogens is 3. The fourth-order valence-corrected chi connectivity index (χ4v) is 6.66. The predicted octanol–water partition coefficient (Wildman–Crippen LogP) is 5.95. The predicted molar refractivity (Wildman–Crippen MR) is 185 cm³/mol. The van der Waals surface area contributed by atoms with Gasteiger partial charge in [-0.05, 0) is 55.0 Å². The zero-order chi connectivity index (χ0) is 34.9. The summed E-state index contributed by atoms with van der Waals surface area (Å²) in [5.41, 5.74) is 3.94. The fourth-order valence-electron chi connectivity index (χ4n) is 5.70. The Hall–Kier alpha value is -4.14. The van der Waals surface area contributed by atoms with E-state index in [0.29, 0.717) is 6.54 Å². The highest BCUT2D eigenvalue weighted by Crippen LogP contribution is 2.69. The molecule has 6 rings (SSSR count). The number of aryl methyl sites for hydroxylation is 3. The number of Topliss-reactive ketones (excluding diaryl/α,β-unsaturated/α-hetero) is 1. The summed E-state index contributed by atoms with van der Waals surface area (Å²) >= 11 is 0. The van der Waals surface area contributed by atoms with Gasteiger partial charge in [-0.1, -0.05) is 81.3 Å². The van der Waals surface area contributed by atoms with Gasteiger partial charge in [0.1, 0.15) is 5.82 Å². The molecule has 48 heavy (non-hydrogen) atoms. The molecule has 1 aliphatic rings. The van der Waals surface area contributed by atoms with Gasteiger partial charge in [0.15, 0.2) is 5.78 Å². The lowest BCUT2D eigenvalue weighted by atomic mass is 10.0. The maximum Gasteiger partial charge on any atom is 0.294 e. The molecule has 0 spiro atoms. The molecule has 3 aromatic carbocycles. The molecule has 0 saturated heterocycles. The quantitative estimate of drug-likeness (QED) is 0.161. The summed E-state index contributed by atoms with van der Waals surface area (Å²) in [6.45, 7) is 13.1. The van der Waals surface area contributed by atoms with Gasteiger partial charge >= 0.3 is 0 Å². The van der Waals surface area contributed by atoms with Crippen molar-refractivity contribution in [1.29, 1.82) is 0 Å². The van der Waals surface area contributed by atoms with E-state index in [1.807, 2.05) is 56.2 Å². The average Bonchev–Trinajstić information content (AvgIpc) is 3.33. The Balaban J connectivity index is 0.000000226. The first-order chi connectivity index (χ1) is 21.7. The van der Waals surface area contributed by atoms with Crippen molar-refractivity contribution >= 4 is 36.9 Å². The van der Waals surface area contributed by atoms with Gasteiger partial charge in [0.05, 0.1) is 16.3 Å². The van der Waals surface area contributed by atoms with Crippen molar-refractivity contribution in [3.8, 4) is 0 Å². The fraction of sp³-hybridized carbons (Fsp3) is 0.314. The van der Waals surface area contributed by atoms with Crippen LogP contribution in [0.3, 0.4) is 0 Å². The molecule has 0 radical (unpaired) electrons. The van der Waals surface area contributed by atoms with E-state index in [2.05, 4.69) is 49.4 Å². The number of nitrogens with zero attached hydrogens (tertiary/aromatic N) is 3. The summed E-state index contributed by atoms with van der Waals surface area (Å²) in [7, 11) is -6.04. The van der Waals surface area contributed by atoms with E-state index in [1.54, 1.807) is 24.3 Å². The summed E-state index contributed by atoms with van der Waals surface area (Å²) in [6, 6.07) is 20.1. The van der Waals surface area contributed by atoms with Gasteiger partial charge in [-0.25, -0.2) is 4.98 Å². The summed E-state index contributed by atoms with van der Waals surface area (Å²) < 4.78 is 63.3. The standard InChI is InChI=1S/C21H25N3O.2C7H8O3S.H2O/c1-20(2)19(21(20,3)4)18(25)15-12-24(13-17-22-10-11-23(17)5)16-9-7-6-8-14(15)16;2*1-6-2-4-7(5-3-6)11(8,9)10;/h6-12,19H,13H2,1-5H3;2*2-5H,1H3,(H,8,9,10);1H2. The molecule has 0 aliphatic heterocycles. The van der Waals surface area contributed by atoms with E-state index in [0.717, 1.165) is 33.4 Å². The summed E-state index contributed by atoms with van der Waals surface area (Å²) in [4.78, 5) is 17.6. The van der Waals surface area contributed by atoms with Crippen LogP contribution in [0.2, 0.25) is 0 Å². The van der Waals surface area contributed by atoms with Gasteiger partial charge in [-0.2, -0.15) is 16.8 Å². The highest BCUT2D eigenvalue weighted by Gasteiger charge is 2.68. The van der Waals surface area contributed by atoms with E-state index >= 15 is 0 Å². The molecule has 1 saturated carbocycles. The number of carbonyl (C=O) groups is 1. The highest BCUT2D eigenvalue weighted by atomic mass is 32.2. The lowest BCUT2D eigenvalue weighted by Crippen LogP contribution is -2.08. The number of hydrogen-bond donors (Lipinski definition) is 2. The number of para-hydroxylation sites is 1. The Labute approximate surface area is 282 Å².